The fourth-order valence-electron chi connectivity index (χ4n) is 2.87. The van der Waals surface area contributed by atoms with E-state index in [1.807, 2.05) is 0 Å². The number of hydrogen-bond donors (Lipinski definition) is 1. The molecule has 0 amide bonds. The minimum absolute atomic E-state index is 0.143. The molecule has 2 fully saturated rings. The topological polar surface area (TPSA) is 83.6 Å². The molecule has 1 aliphatic carbocycles. The second kappa shape index (κ2) is 6.07. The second-order valence-electron chi connectivity index (χ2n) is 6.36. The van der Waals surface area contributed by atoms with Crippen molar-refractivity contribution in [2.45, 2.75) is 41.9 Å². The van der Waals surface area contributed by atoms with Gasteiger partial charge in [0.05, 0.1) is 10.1 Å². The fourth-order valence-corrected chi connectivity index (χ4v) is 5.37. The van der Waals surface area contributed by atoms with Crippen LogP contribution in [0.3, 0.4) is 0 Å². The van der Waals surface area contributed by atoms with Crippen molar-refractivity contribution < 1.29 is 16.8 Å². The Balaban J connectivity index is 1.56. The highest BCUT2D eigenvalue weighted by Gasteiger charge is 2.41. The molecule has 23 heavy (non-hydrogen) atoms. The van der Waals surface area contributed by atoms with Crippen LogP contribution in [0.4, 0.5) is 5.69 Å². The molecular weight excluding hydrogens is 336 g/mol. The number of nitrogens with zero attached hydrogens (tertiary/aromatic N) is 1. The summed E-state index contributed by atoms with van der Waals surface area (Å²) in [5.74, 6) is 0. The average Bonchev–Trinajstić information content (AvgIpc) is 3.32. The Kier molecular flexibility index (Phi) is 4.41. The van der Waals surface area contributed by atoms with Crippen molar-refractivity contribution in [2.75, 3.05) is 24.7 Å². The summed E-state index contributed by atoms with van der Waals surface area (Å²) in [5, 5.41) is 3.22. The van der Waals surface area contributed by atoms with Crippen LogP contribution in [0.25, 0.3) is 0 Å². The van der Waals surface area contributed by atoms with E-state index in [4.69, 9.17) is 0 Å². The molecule has 1 aromatic rings. The summed E-state index contributed by atoms with van der Waals surface area (Å²) in [5.41, 5.74) is 0.862. The Morgan fingerprint density at radius 3 is 2.00 bits per heavy atom. The summed E-state index contributed by atoms with van der Waals surface area (Å²) >= 11 is 0. The highest BCUT2D eigenvalue weighted by Crippen LogP contribution is 2.32. The van der Waals surface area contributed by atoms with Gasteiger partial charge in [0.25, 0.3) is 0 Å². The van der Waals surface area contributed by atoms with Crippen molar-refractivity contribution in [2.24, 2.45) is 0 Å². The third-order valence-electron chi connectivity index (χ3n) is 4.41. The first kappa shape index (κ1) is 16.7. The first-order valence-corrected chi connectivity index (χ1v) is 11.2. The Hall–Kier alpha value is -1.12. The van der Waals surface area contributed by atoms with Crippen LogP contribution in [-0.2, 0) is 19.9 Å². The van der Waals surface area contributed by atoms with E-state index < -0.39 is 19.9 Å². The van der Waals surface area contributed by atoms with Gasteiger partial charge in [-0.25, -0.2) is 21.1 Å². The Labute approximate surface area is 137 Å². The maximum Gasteiger partial charge on any atom is 0.216 e. The molecule has 0 radical (unpaired) electrons. The molecule has 8 heteroatoms. The van der Waals surface area contributed by atoms with Gasteiger partial charge in [-0.1, -0.05) is 0 Å². The number of nitrogens with one attached hydrogen (secondary N) is 1. The van der Waals surface area contributed by atoms with Gasteiger partial charge in [0.1, 0.15) is 0 Å². The second-order valence-corrected chi connectivity index (χ2v) is 10.6. The first-order valence-electron chi connectivity index (χ1n) is 7.82. The standard InChI is InChI=1S/C15H22N2O4S2/c1-22(18,19)14-4-2-12(3-5-14)16-13-8-10-17(11-9-13)23(20,21)15-6-7-15/h2-5,13,15-16H,6-11H2,1H3. The lowest BCUT2D eigenvalue weighted by Crippen LogP contribution is -2.43. The number of hydrogen-bond acceptors (Lipinski definition) is 5. The third kappa shape index (κ3) is 3.87. The van der Waals surface area contributed by atoms with E-state index in [2.05, 4.69) is 5.32 Å². The van der Waals surface area contributed by atoms with E-state index in [0.717, 1.165) is 31.4 Å². The third-order valence-corrected chi connectivity index (χ3v) is 7.94. The molecular formula is C15H22N2O4S2. The molecule has 0 bridgehead atoms. The van der Waals surface area contributed by atoms with Gasteiger partial charge in [-0.3, -0.25) is 0 Å². The van der Waals surface area contributed by atoms with Crippen LogP contribution in [0.5, 0.6) is 0 Å². The quantitative estimate of drug-likeness (QED) is 0.861. The zero-order chi connectivity index (χ0) is 16.7. The molecule has 1 N–H and O–H groups in total. The van der Waals surface area contributed by atoms with Crippen molar-refractivity contribution >= 4 is 25.5 Å². The number of sulfonamides is 1. The molecule has 0 unspecified atom stereocenters. The number of benzene rings is 1. The Morgan fingerprint density at radius 1 is 0.957 bits per heavy atom. The van der Waals surface area contributed by atoms with Crippen LogP contribution in [0.1, 0.15) is 25.7 Å². The van der Waals surface area contributed by atoms with Gasteiger partial charge in [-0.15, -0.1) is 0 Å². The molecule has 0 spiro atoms. The number of piperidine rings is 1. The van der Waals surface area contributed by atoms with E-state index in [1.165, 1.54) is 6.26 Å². The van der Waals surface area contributed by atoms with Gasteiger partial charge in [0.2, 0.25) is 10.0 Å². The maximum atomic E-state index is 12.2. The van der Waals surface area contributed by atoms with Gasteiger partial charge in [-0.05, 0) is 49.9 Å². The summed E-state index contributed by atoms with van der Waals surface area (Å²) in [4.78, 5) is 0.299. The van der Waals surface area contributed by atoms with Crippen molar-refractivity contribution in [1.29, 1.82) is 0 Å². The summed E-state index contributed by atoms with van der Waals surface area (Å²) in [6.45, 7) is 1.11. The zero-order valence-corrected chi connectivity index (χ0v) is 14.7. The van der Waals surface area contributed by atoms with Crippen molar-refractivity contribution in [3.05, 3.63) is 24.3 Å². The van der Waals surface area contributed by atoms with Crippen LogP contribution in [-0.4, -0.2) is 51.8 Å². The van der Waals surface area contributed by atoms with Gasteiger partial charge in [0, 0.05) is 31.1 Å². The van der Waals surface area contributed by atoms with Crippen LogP contribution < -0.4 is 5.32 Å². The minimum Gasteiger partial charge on any atom is -0.382 e. The molecule has 1 heterocycles. The van der Waals surface area contributed by atoms with E-state index in [9.17, 15) is 16.8 Å². The molecule has 0 atom stereocenters. The predicted octanol–water partition coefficient (Wildman–Crippen LogP) is 1.46. The molecule has 6 nitrogen and oxygen atoms in total. The highest BCUT2D eigenvalue weighted by molar-refractivity contribution is 7.90. The van der Waals surface area contributed by atoms with Crippen molar-refractivity contribution in [1.82, 2.24) is 4.31 Å². The van der Waals surface area contributed by atoms with E-state index in [-0.39, 0.29) is 11.3 Å². The van der Waals surface area contributed by atoms with E-state index in [1.54, 1.807) is 28.6 Å². The molecule has 0 aromatic heterocycles. The highest BCUT2D eigenvalue weighted by atomic mass is 32.2. The molecule has 2 aliphatic rings. The molecule has 1 aliphatic heterocycles. The van der Waals surface area contributed by atoms with Crippen molar-refractivity contribution in [3.8, 4) is 0 Å². The normalized spacial score (nSPS) is 21.3. The average molecular weight is 358 g/mol. The molecule has 1 saturated carbocycles. The van der Waals surface area contributed by atoms with Gasteiger partial charge in [-0.2, -0.15) is 0 Å². The van der Waals surface area contributed by atoms with Gasteiger partial charge >= 0.3 is 0 Å². The SMILES string of the molecule is CS(=O)(=O)c1ccc(NC2CCN(S(=O)(=O)C3CC3)CC2)cc1. The monoisotopic (exact) mass is 358 g/mol. The van der Waals surface area contributed by atoms with E-state index in [0.29, 0.717) is 18.0 Å². The number of sulfone groups is 1. The zero-order valence-electron chi connectivity index (χ0n) is 13.1. The molecule has 3 rings (SSSR count). The van der Waals surface area contributed by atoms with Crippen LogP contribution in [0.15, 0.2) is 29.2 Å². The predicted molar refractivity (Wildman–Crippen MR) is 89.7 cm³/mol. The Bertz CT molecular complexity index is 760. The molecule has 128 valence electrons. The van der Waals surface area contributed by atoms with Crippen molar-refractivity contribution in [3.63, 3.8) is 0 Å². The lowest BCUT2D eigenvalue weighted by molar-refractivity contribution is 0.329. The smallest absolute Gasteiger partial charge is 0.216 e. The maximum absolute atomic E-state index is 12.2. The lowest BCUT2D eigenvalue weighted by atomic mass is 10.1. The van der Waals surface area contributed by atoms with Gasteiger partial charge < -0.3 is 5.32 Å². The summed E-state index contributed by atoms with van der Waals surface area (Å²) in [6.07, 6.45) is 4.31. The molecule has 1 aromatic carbocycles. The number of anilines is 1. The van der Waals surface area contributed by atoms with Crippen LogP contribution in [0, 0.1) is 0 Å². The minimum atomic E-state index is -3.18. The Morgan fingerprint density at radius 2 is 1.52 bits per heavy atom. The summed E-state index contributed by atoms with van der Waals surface area (Å²) < 4.78 is 48.9. The first-order chi connectivity index (χ1) is 10.8. The van der Waals surface area contributed by atoms with Gasteiger partial charge in [0.15, 0.2) is 9.84 Å². The summed E-state index contributed by atoms with van der Waals surface area (Å²) in [6, 6.07) is 6.90. The van der Waals surface area contributed by atoms with Crippen LogP contribution in [0.2, 0.25) is 0 Å². The lowest BCUT2D eigenvalue weighted by Gasteiger charge is -2.32. The number of rotatable bonds is 5. The fraction of sp³-hybridized carbons (Fsp3) is 0.600. The summed E-state index contributed by atoms with van der Waals surface area (Å²) in [7, 11) is -6.25. The molecule has 1 saturated heterocycles. The van der Waals surface area contributed by atoms with E-state index >= 15 is 0 Å². The largest absolute Gasteiger partial charge is 0.382 e. The van der Waals surface area contributed by atoms with Crippen LogP contribution >= 0.6 is 0 Å².